The number of rotatable bonds is 2. The van der Waals surface area contributed by atoms with Crippen molar-refractivity contribution in [3.63, 3.8) is 0 Å². The average Bonchev–Trinajstić information content (AvgIpc) is 2.38. The van der Waals surface area contributed by atoms with Gasteiger partial charge in [0.15, 0.2) is 6.29 Å². The summed E-state index contributed by atoms with van der Waals surface area (Å²) in [7, 11) is 0. The summed E-state index contributed by atoms with van der Waals surface area (Å²) in [6, 6.07) is 3.38. The van der Waals surface area contributed by atoms with E-state index >= 15 is 0 Å². The molecule has 19 heavy (non-hydrogen) atoms. The van der Waals surface area contributed by atoms with E-state index in [-0.39, 0.29) is 5.56 Å². The van der Waals surface area contributed by atoms with Gasteiger partial charge in [-0.05, 0) is 37.0 Å². The van der Waals surface area contributed by atoms with Crippen LogP contribution in [0.2, 0.25) is 0 Å². The Bertz CT molecular complexity index is 462. The summed E-state index contributed by atoms with van der Waals surface area (Å²) >= 11 is 0. The molecule has 0 atom stereocenters. The molecule has 0 saturated carbocycles. The molecule has 0 N–H and O–H groups in total. The van der Waals surface area contributed by atoms with Crippen LogP contribution in [0.15, 0.2) is 18.2 Å². The van der Waals surface area contributed by atoms with Crippen LogP contribution < -0.4 is 4.90 Å². The molecule has 0 amide bonds. The van der Waals surface area contributed by atoms with E-state index in [0.717, 1.165) is 38.1 Å². The molecule has 0 radical (unpaired) electrons. The number of aldehydes is 1. The third-order valence-corrected chi connectivity index (χ3v) is 3.61. The maximum absolute atomic E-state index is 12.6. The van der Waals surface area contributed by atoms with E-state index in [4.69, 9.17) is 0 Å². The molecule has 0 spiro atoms. The van der Waals surface area contributed by atoms with E-state index in [1.807, 2.05) is 4.90 Å². The maximum atomic E-state index is 12.6. The van der Waals surface area contributed by atoms with Crippen molar-refractivity contribution in [2.24, 2.45) is 5.92 Å². The minimum atomic E-state index is -4.41. The second kappa shape index (κ2) is 5.23. The molecule has 2 nitrogen and oxygen atoms in total. The van der Waals surface area contributed by atoms with Crippen molar-refractivity contribution in [3.8, 4) is 0 Å². The molecule has 5 heteroatoms. The van der Waals surface area contributed by atoms with Gasteiger partial charge >= 0.3 is 6.18 Å². The highest BCUT2D eigenvalue weighted by atomic mass is 19.4. The molecular weight excluding hydrogens is 255 g/mol. The zero-order valence-corrected chi connectivity index (χ0v) is 10.7. The van der Waals surface area contributed by atoms with Gasteiger partial charge in [-0.15, -0.1) is 0 Å². The van der Waals surface area contributed by atoms with Gasteiger partial charge in [0.2, 0.25) is 0 Å². The first kappa shape index (κ1) is 13.9. The number of hydrogen-bond donors (Lipinski definition) is 0. The summed E-state index contributed by atoms with van der Waals surface area (Å²) in [5.74, 6) is 0.630. The highest BCUT2D eigenvalue weighted by Gasteiger charge is 2.31. The predicted molar refractivity (Wildman–Crippen MR) is 67.4 cm³/mol. The molecule has 0 bridgehead atoms. The van der Waals surface area contributed by atoms with Crippen molar-refractivity contribution in [2.45, 2.75) is 25.9 Å². The first-order valence-corrected chi connectivity index (χ1v) is 6.33. The van der Waals surface area contributed by atoms with Gasteiger partial charge in [-0.2, -0.15) is 13.2 Å². The molecule has 1 aromatic rings. The summed E-state index contributed by atoms with van der Waals surface area (Å²) in [6.45, 7) is 3.73. The van der Waals surface area contributed by atoms with E-state index in [1.54, 1.807) is 0 Å². The van der Waals surface area contributed by atoms with Crippen molar-refractivity contribution < 1.29 is 18.0 Å². The second-order valence-corrected chi connectivity index (χ2v) is 5.06. The van der Waals surface area contributed by atoms with Crippen molar-refractivity contribution in [1.29, 1.82) is 0 Å². The molecule has 1 saturated heterocycles. The molecular formula is C14H16F3NO. The monoisotopic (exact) mass is 271 g/mol. The fourth-order valence-corrected chi connectivity index (χ4v) is 2.36. The number of piperidine rings is 1. The van der Waals surface area contributed by atoms with Crippen LogP contribution in [0.3, 0.4) is 0 Å². The average molecular weight is 271 g/mol. The fourth-order valence-electron chi connectivity index (χ4n) is 2.36. The van der Waals surface area contributed by atoms with Crippen LogP contribution in [0.1, 0.15) is 35.7 Å². The molecule has 1 aliphatic heterocycles. The second-order valence-electron chi connectivity index (χ2n) is 5.06. The van der Waals surface area contributed by atoms with Crippen LogP contribution in [0, 0.1) is 5.92 Å². The lowest BCUT2D eigenvalue weighted by molar-refractivity contribution is -0.137. The minimum Gasteiger partial charge on any atom is -0.371 e. The van der Waals surface area contributed by atoms with Crippen LogP contribution in [0.5, 0.6) is 0 Å². The molecule has 0 aliphatic carbocycles. The Morgan fingerprint density at radius 2 is 1.89 bits per heavy atom. The number of benzene rings is 1. The van der Waals surface area contributed by atoms with Crippen LogP contribution in [0.4, 0.5) is 18.9 Å². The largest absolute Gasteiger partial charge is 0.416 e. The van der Waals surface area contributed by atoms with E-state index in [9.17, 15) is 18.0 Å². The van der Waals surface area contributed by atoms with Crippen molar-refractivity contribution in [1.82, 2.24) is 0 Å². The zero-order valence-electron chi connectivity index (χ0n) is 10.7. The van der Waals surface area contributed by atoms with Crippen molar-refractivity contribution >= 4 is 12.0 Å². The first-order valence-electron chi connectivity index (χ1n) is 6.33. The number of carbonyl (C=O) groups excluding carboxylic acids is 1. The molecule has 0 aromatic heterocycles. The molecule has 104 valence electrons. The number of alkyl halides is 3. The van der Waals surface area contributed by atoms with Gasteiger partial charge in [-0.25, -0.2) is 0 Å². The Morgan fingerprint density at radius 3 is 2.42 bits per heavy atom. The number of carbonyl (C=O) groups is 1. The lowest BCUT2D eigenvalue weighted by Crippen LogP contribution is -2.33. The van der Waals surface area contributed by atoms with Gasteiger partial charge in [-0.3, -0.25) is 4.79 Å². The lowest BCUT2D eigenvalue weighted by atomic mass is 9.97. The lowest BCUT2D eigenvalue weighted by Gasteiger charge is -2.33. The van der Waals surface area contributed by atoms with Gasteiger partial charge in [0, 0.05) is 24.3 Å². The molecule has 2 rings (SSSR count). The van der Waals surface area contributed by atoms with Crippen LogP contribution in [-0.2, 0) is 6.18 Å². The van der Waals surface area contributed by atoms with E-state index in [2.05, 4.69) is 6.92 Å². The number of hydrogen-bond acceptors (Lipinski definition) is 2. The molecule has 1 fully saturated rings. The molecule has 0 unspecified atom stereocenters. The van der Waals surface area contributed by atoms with Gasteiger partial charge in [0.25, 0.3) is 0 Å². The molecule has 1 heterocycles. The highest BCUT2D eigenvalue weighted by molar-refractivity contribution is 5.85. The topological polar surface area (TPSA) is 20.3 Å². The Labute approximate surface area is 110 Å². The van der Waals surface area contributed by atoms with Crippen LogP contribution in [0.25, 0.3) is 0 Å². The Kier molecular flexibility index (Phi) is 3.83. The Hall–Kier alpha value is -1.52. The first-order chi connectivity index (χ1) is 8.91. The number of halogens is 3. The third kappa shape index (κ3) is 3.08. The maximum Gasteiger partial charge on any atom is 0.416 e. The predicted octanol–water partition coefficient (Wildman–Crippen LogP) is 3.75. The summed E-state index contributed by atoms with van der Waals surface area (Å²) < 4.78 is 37.8. The Balaban J connectivity index is 2.29. The summed E-state index contributed by atoms with van der Waals surface area (Å²) in [5, 5.41) is 0. The van der Waals surface area contributed by atoms with Crippen LogP contribution >= 0.6 is 0 Å². The SMILES string of the molecule is CC1CCN(c2ccc(C(F)(F)F)cc2C=O)CC1. The standard InChI is InChI=1S/C14H16F3NO/c1-10-4-6-18(7-5-10)13-3-2-12(14(15,16)17)8-11(13)9-19/h2-3,8-10H,4-7H2,1H3. The van der Waals surface area contributed by atoms with Gasteiger partial charge in [-0.1, -0.05) is 6.92 Å². The van der Waals surface area contributed by atoms with E-state index in [1.165, 1.54) is 6.07 Å². The molecule has 1 aromatic carbocycles. The summed E-state index contributed by atoms with van der Waals surface area (Å²) in [5.41, 5.74) is -0.0528. The van der Waals surface area contributed by atoms with Gasteiger partial charge in [0.1, 0.15) is 0 Å². The van der Waals surface area contributed by atoms with E-state index < -0.39 is 11.7 Å². The van der Waals surface area contributed by atoms with Crippen LogP contribution in [-0.4, -0.2) is 19.4 Å². The molecule has 1 aliphatic rings. The minimum absolute atomic E-state index is 0.115. The zero-order chi connectivity index (χ0) is 14.0. The normalized spacial score (nSPS) is 17.6. The smallest absolute Gasteiger partial charge is 0.371 e. The van der Waals surface area contributed by atoms with Crippen molar-refractivity contribution in [2.75, 3.05) is 18.0 Å². The quantitative estimate of drug-likeness (QED) is 0.763. The Morgan fingerprint density at radius 1 is 1.26 bits per heavy atom. The van der Waals surface area contributed by atoms with Gasteiger partial charge in [0.05, 0.1) is 5.56 Å². The number of nitrogens with zero attached hydrogens (tertiary/aromatic N) is 1. The summed E-state index contributed by atoms with van der Waals surface area (Å²) in [4.78, 5) is 13.0. The van der Waals surface area contributed by atoms with Gasteiger partial charge < -0.3 is 4.90 Å². The number of anilines is 1. The fraction of sp³-hybridized carbons (Fsp3) is 0.500. The van der Waals surface area contributed by atoms with E-state index in [0.29, 0.717) is 17.9 Å². The van der Waals surface area contributed by atoms with Crippen molar-refractivity contribution in [3.05, 3.63) is 29.3 Å². The highest BCUT2D eigenvalue weighted by Crippen LogP contribution is 2.33. The third-order valence-electron chi connectivity index (χ3n) is 3.61. The summed E-state index contributed by atoms with van der Waals surface area (Å²) in [6.07, 6.45) is -1.91.